The van der Waals surface area contributed by atoms with E-state index in [-0.39, 0.29) is 5.41 Å². The lowest BCUT2D eigenvalue weighted by Crippen LogP contribution is -2.33. The van der Waals surface area contributed by atoms with E-state index in [1.807, 2.05) is 13.8 Å². The van der Waals surface area contributed by atoms with E-state index in [9.17, 15) is 4.57 Å². The van der Waals surface area contributed by atoms with Crippen LogP contribution in [0.1, 0.15) is 33.6 Å². The average molecular weight is 221 g/mol. The van der Waals surface area contributed by atoms with E-state index in [0.29, 0.717) is 19.8 Å². The predicted octanol–water partition coefficient (Wildman–Crippen LogP) is 2.56. The van der Waals surface area contributed by atoms with E-state index >= 15 is 0 Å². The number of hydrogen-bond acceptors (Lipinski definition) is 3. The lowest BCUT2D eigenvalue weighted by atomic mass is 9.97. The largest absolute Gasteiger partial charge is 0.405 e. The maximum absolute atomic E-state index is 11.8. The molecule has 0 atom stereocenters. The highest BCUT2D eigenvalue weighted by Gasteiger charge is 2.35. The van der Waals surface area contributed by atoms with Gasteiger partial charge in [-0.15, -0.1) is 0 Å². The van der Waals surface area contributed by atoms with Crippen LogP contribution in [0.5, 0.6) is 0 Å². The Morgan fingerprint density at radius 1 is 1.36 bits per heavy atom. The molecule has 0 amide bonds. The second-order valence-corrected chi connectivity index (χ2v) is 6.30. The van der Waals surface area contributed by atoms with Crippen molar-refractivity contribution in [2.75, 3.05) is 19.8 Å². The fraction of sp³-hybridized carbons (Fsp3) is 1.00. The monoisotopic (exact) mass is 221 g/mol. The molecule has 0 aromatic heterocycles. The number of nitrogens with one attached hydrogen (secondary N) is 1. The normalized spacial score (nSPS) is 24.8. The maximum atomic E-state index is 11.8. The molecule has 1 saturated heterocycles. The molecule has 1 N–H and O–H groups in total. The first-order valence-electron chi connectivity index (χ1n) is 5.12. The van der Waals surface area contributed by atoms with E-state index < -0.39 is 7.75 Å². The molecule has 84 valence electrons. The van der Waals surface area contributed by atoms with E-state index in [2.05, 4.69) is 12.0 Å². The minimum atomic E-state index is -2.97. The Hall–Kier alpha value is 0.110. The number of hydrogen-bond donors (Lipinski definition) is 1. The fourth-order valence-corrected chi connectivity index (χ4v) is 2.81. The summed E-state index contributed by atoms with van der Waals surface area (Å²) in [6.45, 7) is 7.81. The van der Waals surface area contributed by atoms with Gasteiger partial charge in [0.1, 0.15) is 0 Å². The molecule has 1 aliphatic heterocycles. The second kappa shape index (κ2) is 4.75. The van der Waals surface area contributed by atoms with Gasteiger partial charge in [-0.2, -0.15) is 0 Å². The molecule has 14 heavy (non-hydrogen) atoms. The van der Waals surface area contributed by atoms with Crippen LogP contribution in [0.15, 0.2) is 0 Å². The zero-order valence-corrected chi connectivity index (χ0v) is 10.1. The summed E-state index contributed by atoms with van der Waals surface area (Å²) in [5.41, 5.74) is -0.0274. The molecular formula is C9H20NO3P. The lowest BCUT2D eigenvalue weighted by Gasteiger charge is -2.33. The SMILES string of the molecule is CCCCNP1(=O)OCC(C)(C)CO1. The van der Waals surface area contributed by atoms with Crippen LogP contribution < -0.4 is 5.09 Å². The maximum Gasteiger partial charge on any atom is 0.405 e. The van der Waals surface area contributed by atoms with Crippen molar-refractivity contribution in [1.82, 2.24) is 5.09 Å². The molecule has 5 heteroatoms. The van der Waals surface area contributed by atoms with Gasteiger partial charge in [0.05, 0.1) is 13.2 Å². The van der Waals surface area contributed by atoms with Crippen molar-refractivity contribution in [3.05, 3.63) is 0 Å². The molecule has 1 rings (SSSR count). The Bertz CT molecular complexity index is 216. The summed E-state index contributed by atoms with van der Waals surface area (Å²) in [6, 6.07) is 0. The van der Waals surface area contributed by atoms with E-state index in [0.717, 1.165) is 12.8 Å². The third-order valence-electron chi connectivity index (χ3n) is 2.09. The van der Waals surface area contributed by atoms with Crippen molar-refractivity contribution >= 4 is 7.75 Å². The Morgan fingerprint density at radius 2 is 1.93 bits per heavy atom. The minimum absolute atomic E-state index is 0.0274. The molecule has 0 saturated carbocycles. The third kappa shape index (κ3) is 3.70. The second-order valence-electron chi connectivity index (χ2n) is 4.47. The van der Waals surface area contributed by atoms with Crippen molar-refractivity contribution in [3.8, 4) is 0 Å². The van der Waals surface area contributed by atoms with Gasteiger partial charge >= 0.3 is 7.75 Å². The van der Waals surface area contributed by atoms with Crippen LogP contribution >= 0.6 is 7.75 Å². The summed E-state index contributed by atoms with van der Waals surface area (Å²) in [4.78, 5) is 0. The molecular weight excluding hydrogens is 201 g/mol. The minimum Gasteiger partial charge on any atom is -0.296 e. The smallest absolute Gasteiger partial charge is 0.296 e. The van der Waals surface area contributed by atoms with Gasteiger partial charge in [0.15, 0.2) is 0 Å². The van der Waals surface area contributed by atoms with Gasteiger partial charge in [0.25, 0.3) is 0 Å². The Kier molecular flexibility index (Phi) is 4.14. The van der Waals surface area contributed by atoms with Crippen molar-refractivity contribution in [2.45, 2.75) is 33.6 Å². The highest BCUT2D eigenvalue weighted by Crippen LogP contribution is 2.49. The van der Waals surface area contributed by atoms with Crippen LogP contribution in [0, 0.1) is 5.41 Å². The molecule has 1 fully saturated rings. The summed E-state index contributed by atoms with van der Waals surface area (Å²) < 4.78 is 22.3. The first-order chi connectivity index (χ1) is 6.47. The van der Waals surface area contributed by atoms with E-state index in [1.54, 1.807) is 0 Å². The Balaban J connectivity index is 2.34. The summed E-state index contributed by atoms with van der Waals surface area (Å²) >= 11 is 0. The van der Waals surface area contributed by atoms with Gasteiger partial charge in [-0.1, -0.05) is 27.2 Å². The van der Waals surface area contributed by atoms with Gasteiger partial charge in [-0.05, 0) is 6.42 Å². The van der Waals surface area contributed by atoms with Crippen LogP contribution in [0.2, 0.25) is 0 Å². The van der Waals surface area contributed by atoms with Gasteiger partial charge in [0, 0.05) is 12.0 Å². The molecule has 0 unspecified atom stereocenters. The number of rotatable bonds is 4. The predicted molar refractivity (Wildman–Crippen MR) is 56.2 cm³/mol. The average Bonchev–Trinajstić information content (AvgIpc) is 2.12. The molecule has 0 aromatic carbocycles. The van der Waals surface area contributed by atoms with Crippen LogP contribution in [-0.4, -0.2) is 19.8 Å². The van der Waals surface area contributed by atoms with Crippen LogP contribution in [-0.2, 0) is 13.6 Å². The quantitative estimate of drug-likeness (QED) is 0.585. The van der Waals surface area contributed by atoms with Crippen molar-refractivity contribution in [2.24, 2.45) is 5.41 Å². The van der Waals surface area contributed by atoms with Gasteiger partial charge in [-0.25, -0.2) is 9.65 Å². The first kappa shape index (κ1) is 12.2. The standard InChI is InChI=1S/C9H20NO3P/c1-4-5-6-10-14(11)12-7-9(2,3)8-13-14/h4-8H2,1-3H3,(H,10,11). The van der Waals surface area contributed by atoms with E-state index in [1.165, 1.54) is 0 Å². The highest BCUT2D eigenvalue weighted by molar-refractivity contribution is 7.51. The summed E-state index contributed by atoms with van der Waals surface area (Å²) in [7, 11) is -2.97. The molecule has 0 aliphatic carbocycles. The first-order valence-corrected chi connectivity index (χ1v) is 6.66. The van der Waals surface area contributed by atoms with Crippen molar-refractivity contribution < 1.29 is 13.6 Å². The molecule has 0 aromatic rings. The van der Waals surface area contributed by atoms with E-state index in [4.69, 9.17) is 9.05 Å². The van der Waals surface area contributed by atoms with Gasteiger partial charge in [0.2, 0.25) is 0 Å². The summed E-state index contributed by atoms with van der Waals surface area (Å²) in [5.74, 6) is 0. The fourth-order valence-electron chi connectivity index (χ4n) is 1.08. The highest BCUT2D eigenvalue weighted by atomic mass is 31.2. The zero-order chi connectivity index (χ0) is 10.7. The molecule has 0 spiro atoms. The van der Waals surface area contributed by atoms with Crippen LogP contribution in [0.3, 0.4) is 0 Å². The lowest BCUT2D eigenvalue weighted by molar-refractivity contribution is 0.0372. The zero-order valence-electron chi connectivity index (χ0n) is 9.21. The van der Waals surface area contributed by atoms with Crippen LogP contribution in [0.4, 0.5) is 0 Å². The molecule has 4 nitrogen and oxygen atoms in total. The molecule has 1 aliphatic rings. The molecule has 1 heterocycles. The van der Waals surface area contributed by atoms with Crippen LogP contribution in [0.25, 0.3) is 0 Å². The van der Waals surface area contributed by atoms with Gasteiger partial charge in [-0.3, -0.25) is 9.05 Å². The van der Waals surface area contributed by atoms with Crippen molar-refractivity contribution in [3.63, 3.8) is 0 Å². The number of unbranched alkanes of at least 4 members (excludes halogenated alkanes) is 1. The third-order valence-corrected chi connectivity index (χ3v) is 3.64. The summed E-state index contributed by atoms with van der Waals surface area (Å²) in [5, 5.41) is 2.85. The Morgan fingerprint density at radius 3 is 2.43 bits per heavy atom. The van der Waals surface area contributed by atoms with Crippen molar-refractivity contribution in [1.29, 1.82) is 0 Å². The Labute approximate surface area is 85.9 Å². The van der Waals surface area contributed by atoms with Gasteiger partial charge < -0.3 is 0 Å². The molecule has 0 bridgehead atoms. The molecule has 0 radical (unpaired) electrons. The topological polar surface area (TPSA) is 47.6 Å². The summed E-state index contributed by atoms with van der Waals surface area (Å²) in [6.07, 6.45) is 2.05.